The Bertz CT molecular complexity index is 608. The first-order valence-corrected chi connectivity index (χ1v) is 7.82. The van der Waals surface area contributed by atoms with E-state index in [1.54, 1.807) is 7.11 Å². The minimum atomic E-state index is 0.212. The molecule has 1 unspecified atom stereocenters. The van der Waals surface area contributed by atoms with Crippen molar-refractivity contribution in [1.82, 2.24) is 9.97 Å². The Kier molecular flexibility index (Phi) is 4.34. The highest BCUT2D eigenvalue weighted by molar-refractivity contribution is 5.78. The molecule has 4 nitrogen and oxygen atoms in total. The molecule has 0 spiro atoms. The highest BCUT2D eigenvalue weighted by Crippen LogP contribution is 2.28. The molecule has 1 saturated carbocycles. The van der Waals surface area contributed by atoms with Crippen molar-refractivity contribution in [3.8, 4) is 5.88 Å². The second kappa shape index (κ2) is 6.39. The normalized spacial score (nSPS) is 17.8. The minimum absolute atomic E-state index is 0.212. The lowest BCUT2D eigenvalue weighted by Gasteiger charge is -2.27. The predicted octanol–water partition coefficient (Wildman–Crippen LogP) is 3.09. The third-order valence-corrected chi connectivity index (χ3v) is 4.56. The maximum atomic E-state index is 6.46. The summed E-state index contributed by atoms with van der Waals surface area (Å²) in [6, 6.07) is 6.05. The Hall–Kier alpha value is -1.68. The van der Waals surface area contributed by atoms with Gasteiger partial charge in [-0.2, -0.15) is 0 Å². The van der Waals surface area contributed by atoms with Crippen LogP contribution in [-0.2, 0) is 6.42 Å². The molecule has 1 aliphatic carbocycles. The molecule has 3 rings (SSSR count). The molecule has 2 heterocycles. The van der Waals surface area contributed by atoms with E-state index in [0.29, 0.717) is 11.8 Å². The molecule has 21 heavy (non-hydrogen) atoms. The number of ether oxygens (including phenoxy) is 1. The molecule has 2 N–H and O–H groups in total. The molecule has 1 fully saturated rings. The van der Waals surface area contributed by atoms with Crippen molar-refractivity contribution in [2.45, 2.75) is 44.6 Å². The molecule has 0 radical (unpaired) electrons. The lowest BCUT2D eigenvalue weighted by atomic mass is 9.82. The Morgan fingerprint density at radius 2 is 2.05 bits per heavy atom. The largest absolute Gasteiger partial charge is 0.481 e. The molecule has 1 atom stereocenters. The first-order valence-electron chi connectivity index (χ1n) is 7.82. The van der Waals surface area contributed by atoms with Crippen molar-refractivity contribution in [3.63, 3.8) is 0 Å². The minimum Gasteiger partial charge on any atom is -0.481 e. The van der Waals surface area contributed by atoms with Gasteiger partial charge in [-0.15, -0.1) is 0 Å². The van der Waals surface area contributed by atoms with Gasteiger partial charge < -0.3 is 10.5 Å². The standard InChI is InChI=1S/C17H23N3O/c1-21-16-8-7-15-17(20-16)13(9-10-19-15)11-14(18)12-5-3-2-4-6-12/h7-10,12,14H,2-6,11,18H2,1H3. The quantitative estimate of drug-likeness (QED) is 0.937. The van der Waals surface area contributed by atoms with Crippen LogP contribution < -0.4 is 10.5 Å². The summed E-state index contributed by atoms with van der Waals surface area (Å²) in [6.45, 7) is 0. The first kappa shape index (κ1) is 14.3. The van der Waals surface area contributed by atoms with Crippen LogP contribution in [-0.4, -0.2) is 23.1 Å². The van der Waals surface area contributed by atoms with Crippen LogP contribution in [0.15, 0.2) is 24.4 Å². The van der Waals surface area contributed by atoms with Crippen molar-refractivity contribution >= 4 is 11.0 Å². The predicted molar refractivity (Wildman–Crippen MR) is 84.3 cm³/mol. The summed E-state index contributed by atoms with van der Waals surface area (Å²) in [6.07, 6.45) is 9.24. The van der Waals surface area contributed by atoms with Gasteiger partial charge >= 0.3 is 0 Å². The summed E-state index contributed by atoms with van der Waals surface area (Å²) in [5.41, 5.74) is 9.47. The number of hydrogen-bond donors (Lipinski definition) is 1. The number of methoxy groups -OCH3 is 1. The highest BCUT2D eigenvalue weighted by Gasteiger charge is 2.21. The molecule has 0 amide bonds. The zero-order chi connectivity index (χ0) is 14.7. The Labute approximate surface area is 125 Å². The summed E-state index contributed by atoms with van der Waals surface area (Å²) >= 11 is 0. The van der Waals surface area contributed by atoms with Crippen LogP contribution >= 0.6 is 0 Å². The van der Waals surface area contributed by atoms with Gasteiger partial charge in [0.1, 0.15) is 0 Å². The van der Waals surface area contributed by atoms with Crippen LogP contribution in [0.1, 0.15) is 37.7 Å². The number of hydrogen-bond acceptors (Lipinski definition) is 4. The molecule has 0 aliphatic heterocycles. The smallest absolute Gasteiger partial charge is 0.213 e. The Morgan fingerprint density at radius 1 is 1.24 bits per heavy atom. The van der Waals surface area contributed by atoms with Gasteiger partial charge in [-0.05, 0) is 42.9 Å². The summed E-state index contributed by atoms with van der Waals surface area (Å²) in [5.74, 6) is 1.27. The molecule has 4 heteroatoms. The van der Waals surface area contributed by atoms with Gasteiger partial charge in [0, 0.05) is 18.3 Å². The first-order chi connectivity index (χ1) is 10.3. The van der Waals surface area contributed by atoms with Gasteiger partial charge in [-0.3, -0.25) is 4.98 Å². The summed E-state index contributed by atoms with van der Waals surface area (Å²) in [7, 11) is 1.64. The van der Waals surface area contributed by atoms with Crippen molar-refractivity contribution < 1.29 is 4.74 Å². The molecule has 2 aromatic rings. The van der Waals surface area contributed by atoms with Gasteiger partial charge in [0.2, 0.25) is 5.88 Å². The number of nitrogens with zero attached hydrogens (tertiary/aromatic N) is 2. The second-order valence-electron chi connectivity index (χ2n) is 5.96. The number of pyridine rings is 2. The average molecular weight is 285 g/mol. The Morgan fingerprint density at radius 3 is 2.81 bits per heavy atom. The molecule has 0 saturated heterocycles. The summed E-state index contributed by atoms with van der Waals surface area (Å²) in [5, 5.41) is 0. The van der Waals surface area contributed by atoms with E-state index in [2.05, 4.69) is 9.97 Å². The van der Waals surface area contributed by atoms with Crippen molar-refractivity contribution in [2.24, 2.45) is 11.7 Å². The molecule has 0 aromatic carbocycles. The van der Waals surface area contributed by atoms with E-state index in [1.165, 1.54) is 37.7 Å². The molecule has 112 valence electrons. The molecule has 1 aliphatic rings. The van der Waals surface area contributed by atoms with E-state index in [1.807, 2.05) is 24.4 Å². The van der Waals surface area contributed by atoms with E-state index < -0.39 is 0 Å². The number of nitrogens with two attached hydrogens (primary N) is 1. The van der Waals surface area contributed by atoms with Crippen LogP contribution in [0.25, 0.3) is 11.0 Å². The third kappa shape index (κ3) is 3.16. The van der Waals surface area contributed by atoms with Crippen LogP contribution in [0.5, 0.6) is 5.88 Å². The maximum absolute atomic E-state index is 6.46. The van der Waals surface area contributed by atoms with Crippen molar-refractivity contribution in [2.75, 3.05) is 7.11 Å². The number of aromatic nitrogens is 2. The summed E-state index contributed by atoms with van der Waals surface area (Å²) < 4.78 is 5.23. The zero-order valence-electron chi connectivity index (χ0n) is 12.6. The lowest BCUT2D eigenvalue weighted by Crippen LogP contribution is -2.33. The highest BCUT2D eigenvalue weighted by atomic mass is 16.5. The number of fused-ring (bicyclic) bond motifs is 1. The second-order valence-corrected chi connectivity index (χ2v) is 5.96. The van der Waals surface area contributed by atoms with E-state index >= 15 is 0 Å². The fourth-order valence-corrected chi connectivity index (χ4v) is 3.32. The van der Waals surface area contributed by atoms with E-state index in [9.17, 15) is 0 Å². The molecular weight excluding hydrogens is 262 g/mol. The van der Waals surface area contributed by atoms with Crippen molar-refractivity contribution in [3.05, 3.63) is 30.0 Å². The molecule has 2 aromatic heterocycles. The summed E-state index contributed by atoms with van der Waals surface area (Å²) in [4.78, 5) is 8.93. The lowest BCUT2D eigenvalue weighted by molar-refractivity contribution is 0.303. The Balaban J connectivity index is 1.85. The fourth-order valence-electron chi connectivity index (χ4n) is 3.32. The SMILES string of the molecule is COc1ccc2nccc(CC(N)C3CCCCC3)c2n1. The van der Waals surface area contributed by atoms with Crippen molar-refractivity contribution in [1.29, 1.82) is 0 Å². The third-order valence-electron chi connectivity index (χ3n) is 4.56. The molecule has 0 bridgehead atoms. The van der Waals surface area contributed by atoms with Gasteiger partial charge in [0.05, 0.1) is 18.1 Å². The average Bonchev–Trinajstić information content (AvgIpc) is 2.55. The van der Waals surface area contributed by atoms with Crippen LogP contribution in [0, 0.1) is 5.92 Å². The van der Waals surface area contributed by atoms with Crippen LogP contribution in [0.4, 0.5) is 0 Å². The number of rotatable bonds is 4. The van der Waals surface area contributed by atoms with E-state index in [4.69, 9.17) is 10.5 Å². The van der Waals surface area contributed by atoms with E-state index in [0.717, 1.165) is 17.5 Å². The fraction of sp³-hybridized carbons (Fsp3) is 0.529. The van der Waals surface area contributed by atoms with Gasteiger partial charge in [-0.25, -0.2) is 4.98 Å². The van der Waals surface area contributed by atoms with E-state index in [-0.39, 0.29) is 6.04 Å². The van der Waals surface area contributed by atoms with Gasteiger partial charge in [0.15, 0.2) is 0 Å². The molecular formula is C17H23N3O. The van der Waals surface area contributed by atoms with Crippen LogP contribution in [0.2, 0.25) is 0 Å². The van der Waals surface area contributed by atoms with Gasteiger partial charge in [0.25, 0.3) is 0 Å². The maximum Gasteiger partial charge on any atom is 0.213 e. The zero-order valence-corrected chi connectivity index (χ0v) is 12.6. The van der Waals surface area contributed by atoms with Gasteiger partial charge in [-0.1, -0.05) is 19.3 Å². The monoisotopic (exact) mass is 285 g/mol. The van der Waals surface area contributed by atoms with Crippen LogP contribution in [0.3, 0.4) is 0 Å². The topological polar surface area (TPSA) is 61.0 Å².